The highest BCUT2D eigenvalue weighted by Crippen LogP contribution is 2.41. The molecule has 6 heteroatoms. The van der Waals surface area contributed by atoms with Crippen molar-refractivity contribution in [3.05, 3.63) is 12.2 Å². The fraction of sp³-hybridized carbons (Fsp3) is 0.400. The maximum Gasteiger partial charge on any atom is 0.311 e. The average Bonchev–Trinajstić information content (AvgIpc) is 2.45. The zero-order valence-corrected chi connectivity index (χ0v) is 7.06. The van der Waals surface area contributed by atoms with Gasteiger partial charge in [-0.3, -0.25) is 0 Å². The van der Waals surface area contributed by atoms with Gasteiger partial charge in [0.1, 0.15) is 0 Å². The topological polar surface area (TPSA) is 55.7 Å². The zero-order chi connectivity index (χ0) is 7.95. The first-order valence-corrected chi connectivity index (χ1v) is 5.37. The van der Waals surface area contributed by atoms with E-state index in [0.29, 0.717) is 5.75 Å². The molecule has 11 heavy (non-hydrogen) atoms. The molecule has 1 spiro atoms. The van der Waals surface area contributed by atoms with Crippen molar-refractivity contribution in [3.63, 3.8) is 0 Å². The van der Waals surface area contributed by atoms with Crippen LogP contribution in [0.1, 0.15) is 0 Å². The second-order valence-corrected chi connectivity index (χ2v) is 5.38. The van der Waals surface area contributed by atoms with Gasteiger partial charge in [-0.25, -0.2) is 0 Å². The van der Waals surface area contributed by atoms with Gasteiger partial charge < -0.3 is 4.74 Å². The molecule has 0 aliphatic carbocycles. The number of sulfonamides is 1. The lowest BCUT2D eigenvalue weighted by molar-refractivity contribution is 0.304. The van der Waals surface area contributed by atoms with E-state index in [4.69, 9.17) is 4.74 Å². The van der Waals surface area contributed by atoms with Crippen LogP contribution in [-0.2, 0) is 14.8 Å². The van der Waals surface area contributed by atoms with E-state index in [2.05, 4.69) is 4.40 Å². The molecule has 0 fully saturated rings. The monoisotopic (exact) mass is 191 g/mol. The van der Waals surface area contributed by atoms with Crippen LogP contribution in [-0.4, -0.2) is 24.8 Å². The van der Waals surface area contributed by atoms with Gasteiger partial charge in [0.2, 0.25) is 0 Å². The normalized spacial score (nSPS) is 38.2. The summed E-state index contributed by atoms with van der Waals surface area (Å²) in [6.07, 6.45) is 4.27. The van der Waals surface area contributed by atoms with E-state index in [1.807, 2.05) is 0 Å². The summed E-state index contributed by atoms with van der Waals surface area (Å²) in [5.74, 6) is 0.655. The van der Waals surface area contributed by atoms with E-state index >= 15 is 0 Å². The highest BCUT2D eigenvalue weighted by molar-refractivity contribution is 8.14. The first-order chi connectivity index (χ1) is 5.16. The number of nitrogens with zero attached hydrogens (tertiary/aromatic N) is 1. The molecule has 4 nitrogen and oxygen atoms in total. The molecule has 0 radical (unpaired) electrons. The summed E-state index contributed by atoms with van der Waals surface area (Å²) in [5.41, 5.74) is 0. The van der Waals surface area contributed by atoms with Crippen molar-refractivity contribution >= 4 is 28.2 Å². The Balaban J connectivity index is 2.51. The van der Waals surface area contributed by atoms with E-state index in [1.165, 1.54) is 17.8 Å². The smallest absolute Gasteiger partial charge is 0.311 e. The molecule has 0 aromatic rings. The maximum absolute atomic E-state index is 11.2. The third-order valence-electron chi connectivity index (χ3n) is 1.46. The molecule has 1 unspecified atom stereocenters. The van der Waals surface area contributed by atoms with Crippen LogP contribution in [0, 0.1) is 0 Å². The van der Waals surface area contributed by atoms with Gasteiger partial charge in [0.05, 0.1) is 0 Å². The van der Waals surface area contributed by atoms with Gasteiger partial charge in [0, 0.05) is 5.75 Å². The summed E-state index contributed by atoms with van der Waals surface area (Å²) in [7, 11) is -3.46. The van der Waals surface area contributed by atoms with Crippen LogP contribution in [0.25, 0.3) is 0 Å². The van der Waals surface area contributed by atoms with Gasteiger partial charge >= 0.3 is 10.0 Å². The number of hydrogen-bond acceptors (Lipinski definition) is 4. The third-order valence-corrected chi connectivity index (χ3v) is 4.76. The van der Waals surface area contributed by atoms with Gasteiger partial charge in [0.15, 0.2) is 6.40 Å². The van der Waals surface area contributed by atoms with Crippen molar-refractivity contribution in [3.8, 4) is 0 Å². The first-order valence-electron chi connectivity index (χ1n) is 2.94. The van der Waals surface area contributed by atoms with E-state index in [0.717, 1.165) is 6.40 Å². The predicted octanol–water partition coefficient (Wildman–Crippen LogP) is 0.332. The molecule has 60 valence electrons. The highest BCUT2D eigenvalue weighted by Gasteiger charge is 2.49. The van der Waals surface area contributed by atoms with Crippen LogP contribution in [0.15, 0.2) is 16.5 Å². The SMILES string of the molecule is O=S1(=O)N=COC12C=CCS2. The Bertz CT molecular complexity index is 332. The van der Waals surface area contributed by atoms with E-state index < -0.39 is 14.3 Å². The van der Waals surface area contributed by atoms with Crippen LogP contribution in [0.4, 0.5) is 0 Å². The van der Waals surface area contributed by atoms with Crippen LogP contribution in [0.3, 0.4) is 0 Å². The Morgan fingerprint density at radius 2 is 2.45 bits per heavy atom. The first kappa shape index (κ1) is 7.17. The molecule has 2 aliphatic heterocycles. The molecule has 0 saturated heterocycles. The van der Waals surface area contributed by atoms with Crippen LogP contribution in [0.2, 0.25) is 0 Å². The Labute approximate surface area is 68.4 Å². The maximum atomic E-state index is 11.2. The van der Waals surface area contributed by atoms with Gasteiger partial charge in [0.25, 0.3) is 4.27 Å². The number of hydrogen-bond donors (Lipinski definition) is 0. The Morgan fingerprint density at radius 1 is 1.64 bits per heavy atom. The molecule has 0 amide bonds. The molecule has 2 heterocycles. The van der Waals surface area contributed by atoms with Crippen molar-refractivity contribution in [2.24, 2.45) is 4.40 Å². The summed E-state index contributed by atoms with van der Waals surface area (Å²) in [5, 5.41) is 0. The number of rotatable bonds is 0. The molecule has 2 rings (SSSR count). The van der Waals surface area contributed by atoms with Gasteiger partial charge in [-0.2, -0.15) is 8.42 Å². The minimum absolute atomic E-state index is 0.655. The van der Waals surface area contributed by atoms with Gasteiger partial charge in [-0.1, -0.05) is 17.8 Å². The van der Waals surface area contributed by atoms with Gasteiger partial charge in [-0.15, -0.1) is 4.40 Å². The summed E-state index contributed by atoms with van der Waals surface area (Å²) in [4.78, 5) is 0. The molecular weight excluding hydrogens is 186 g/mol. The quantitative estimate of drug-likeness (QED) is 0.518. The van der Waals surface area contributed by atoms with Crippen molar-refractivity contribution in [1.82, 2.24) is 0 Å². The minimum Gasteiger partial charge on any atom is -0.445 e. The lowest BCUT2D eigenvalue weighted by Crippen LogP contribution is -2.27. The number of thioether (sulfide) groups is 1. The molecule has 0 aromatic carbocycles. The molecule has 0 aromatic heterocycles. The van der Waals surface area contributed by atoms with E-state index in [9.17, 15) is 8.42 Å². The molecular formula is C5H5NO3S2. The Morgan fingerprint density at radius 3 is 2.91 bits per heavy atom. The molecule has 2 aliphatic rings. The minimum atomic E-state index is -3.46. The van der Waals surface area contributed by atoms with E-state index in [1.54, 1.807) is 6.08 Å². The number of ether oxygens (including phenoxy) is 1. The molecule has 0 N–H and O–H groups in total. The molecule has 0 saturated carbocycles. The summed E-state index contributed by atoms with van der Waals surface area (Å²) < 4.78 is 29.3. The van der Waals surface area contributed by atoms with Crippen LogP contribution in [0.5, 0.6) is 0 Å². The third kappa shape index (κ3) is 0.824. The predicted molar refractivity (Wildman–Crippen MR) is 42.8 cm³/mol. The fourth-order valence-corrected chi connectivity index (χ4v) is 3.32. The van der Waals surface area contributed by atoms with Crippen molar-refractivity contribution in [2.75, 3.05) is 5.75 Å². The standard InChI is InChI=1S/C5H5NO3S2/c7-11(8)5(9-4-6-11)2-1-3-10-5/h1-2,4H,3H2. The van der Waals surface area contributed by atoms with E-state index in [-0.39, 0.29) is 0 Å². The average molecular weight is 191 g/mol. The highest BCUT2D eigenvalue weighted by atomic mass is 32.3. The van der Waals surface area contributed by atoms with Crippen molar-refractivity contribution in [2.45, 2.75) is 4.27 Å². The zero-order valence-electron chi connectivity index (χ0n) is 5.43. The van der Waals surface area contributed by atoms with Crippen molar-refractivity contribution < 1.29 is 13.2 Å². The Kier molecular flexibility index (Phi) is 1.31. The largest absolute Gasteiger partial charge is 0.445 e. The second kappa shape index (κ2) is 2.01. The van der Waals surface area contributed by atoms with Crippen LogP contribution < -0.4 is 0 Å². The summed E-state index contributed by atoms with van der Waals surface area (Å²) in [6, 6.07) is 0. The Hall–Kier alpha value is -0.490. The molecule has 0 bridgehead atoms. The van der Waals surface area contributed by atoms with Crippen LogP contribution >= 0.6 is 11.8 Å². The molecule has 1 atom stereocenters. The summed E-state index contributed by atoms with van der Waals surface area (Å²) >= 11 is 1.21. The fourth-order valence-electron chi connectivity index (χ4n) is 0.924. The lowest BCUT2D eigenvalue weighted by Gasteiger charge is -2.15. The van der Waals surface area contributed by atoms with Crippen molar-refractivity contribution in [1.29, 1.82) is 0 Å². The lowest BCUT2D eigenvalue weighted by atomic mass is 10.5. The van der Waals surface area contributed by atoms with Gasteiger partial charge in [-0.05, 0) is 6.08 Å². The summed E-state index contributed by atoms with van der Waals surface area (Å²) in [6.45, 7) is 0. The second-order valence-electron chi connectivity index (χ2n) is 2.12.